The van der Waals surface area contributed by atoms with E-state index in [4.69, 9.17) is 11.1 Å². The lowest BCUT2D eigenvalue weighted by atomic mass is 10.1. The van der Waals surface area contributed by atoms with Crippen molar-refractivity contribution in [2.75, 3.05) is 5.75 Å². The molecule has 0 atom stereocenters. The average molecular weight is 222 g/mol. The third kappa shape index (κ3) is 4.88. The van der Waals surface area contributed by atoms with Gasteiger partial charge >= 0.3 is 0 Å². The molecule has 0 fully saturated rings. The number of hydrogen-bond acceptors (Lipinski definition) is 2. The van der Waals surface area contributed by atoms with Gasteiger partial charge < -0.3 is 5.73 Å². The van der Waals surface area contributed by atoms with Crippen LogP contribution in [0.25, 0.3) is 0 Å². The first-order valence-corrected chi connectivity index (χ1v) is 6.31. The highest BCUT2D eigenvalue weighted by atomic mass is 32.2. The first-order valence-electron chi connectivity index (χ1n) is 5.15. The van der Waals surface area contributed by atoms with Crippen molar-refractivity contribution < 1.29 is 0 Å². The summed E-state index contributed by atoms with van der Waals surface area (Å²) in [5.41, 5.74) is 8.05. The molecule has 0 amide bonds. The Bertz CT molecular complexity index is 323. The van der Waals surface area contributed by atoms with Crippen molar-refractivity contribution in [2.24, 2.45) is 5.73 Å². The van der Waals surface area contributed by atoms with E-state index in [0.717, 1.165) is 24.3 Å². The van der Waals surface area contributed by atoms with Gasteiger partial charge in [0.05, 0.1) is 5.84 Å². The molecule has 0 saturated carbocycles. The molecule has 0 aromatic heterocycles. The second-order valence-electron chi connectivity index (χ2n) is 3.61. The predicted octanol–water partition coefficient (Wildman–Crippen LogP) is 2.94. The van der Waals surface area contributed by atoms with Crippen molar-refractivity contribution >= 4 is 17.6 Å². The Morgan fingerprint density at radius 1 is 1.40 bits per heavy atom. The number of nitrogens with one attached hydrogen (secondary N) is 1. The van der Waals surface area contributed by atoms with Gasteiger partial charge in [-0.15, -0.1) is 0 Å². The largest absolute Gasteiger partial charge is 0.388 e. The van der Waals surface area contributed by atoms with Crippen LogP contribution in [0.3, 0.4) is 0 Å². The van der Waals surface area contributed by atoms with E-state index in [1.807, 2.05) is 11.8 Å². The summed E-state index contributed by atoms with van der Waals surface area (Å²) in [6, 6.07) is 8.47. The molecule has 0 saturated heterocycles. The summed E-state index contributed by atoms with van der Waals surface area (Å²) in [5.74, 6) is 2.44. The third-order valence-electron chi connectivity index (χ3n) is 2.25. The van der Waals surface area contributed by atoms with E-state index in [1.165, 1.54) is 11.1 Å². The van der Waals surface area contributed by atoms with Crippen LogP contribution in [0.4, 0.5) is 0 Å². The van der Waals surface area contributed by atoms with Crippen LogP contribution in [0, 0.1) is 12.3 Å². The summed E-state index contributed by atoms with van der Waals surface area (Å²) < 4.78 is 0. The van der Waals surface area contributed by atoms with Gasteiger partial charge in [-0.25, -0.2) is 0 Å². The van der Waals surface area contributed by atoms with Gasteiger partial charge in [-0.2, -0.15) is 11.8 Å². The maximum Gasteiger partial charge on any atom is 0.0905 e. The van der Waals surface area contributed by atoms with Crippen molar-refractivity contribution in [3.8, 4) is 0 Å². The summed E-state index contributed by atoms with van der Waals surface area (Å²) in [6.07, 6.45) is 1.73. The number of aryl methyl sites for hydroxylation is 1. The minimum absolute atomic E-state index is 0.298. The molecule has 0 radical (unpaired) electrons. The van der Waals surface area contributed by atoms with Gasteiger partial charge in [0.15, 0.2) is 0 Å². The fourth-order valence-electron chi connectivity index (χ4n) is 1.32. The van der Waals surface area contributed by atoms with Crippen molar-refractivity contribution in [1.29, 1.82) is 5.41 Å². The van der Waals surface area contributed by atoms with E-state index >= 15 is 0 Å². The molecule has 1 aromatic carbocycles. The van der Waals surface area contributed by atoms with Crippen molar-refractivity contribution in [3.05, 3.63) is 35.4 Å². The van der Waals surface area contributed by atoms with E-state index in [1.54, 1.807) is 0 Å². The molecular weight excluding hydrogens is 204 g/mol. The molecule has 0 bridgehead atoms. The number of rotatable bonds is 6. The second-order valence-corrected chi connectivity index (χ2v) is 4.71. The van der Waals surface area contributed by atoms with Crippen LogP contribution in [0.1, 0.15) is 24.0 Å². The molecule has 2 nitrogen and oxygen atoms in total. The van der Waals surface area contributed by atoms with Gasteiger partial charge in [-0.05, 0) is 30.2 Å². The molecule has 0 heterocycles. The number of benzene rings is 1. The predicted molar refractivity (Wildman–Crippen MR) is 68.5 cm³/mol. The van der Waals surface area contributed by atoms with Crippen LogP contribution in [0.5, 0.6) is 0 Å². The first-order chi connectivity index (χ1) is 7.20. The Balaban J connectivity index is 2.21. The smallest absolute Gasteiger partial charge is 0.0905 e. The summed E-state index contributed by atoms with van der Waals surface area (Å²) in [6.45, 7) is 2.14. The molecule has 1 rings (SSSR count). The minimum Gasteiger partial charge on any atom is -0.388 e. The molecule has 0 aliphatic carbocycles. The van der Waals surface area contributed by atoms with Gasteiger partial charge in [0.1, 0.15) is 0 Å². The summed E-state index contributed by atoms with van der Waals surface area (Å²) in [7, 11) is 0. The minimum atomic E-state index is 0.298. The van der Waals surface area contributed by atoms with E-state index in [9.17, 15) is 0 Å². The third-order valence-corrected chi connectivity index (χ3v) is 3.35. The molecule has 0 aliphatic heterocycles. The van der Waals surface area contributed by atoms with Crippen LogP contribution in [0.2, 0.25) is 0 Å². The topological polar surface area (TPSA) is 49.9 Å². The molecule has 0 aliphatic rings. The Hall–Kier alpha value is -0.960. The summed E-state index contributed by atoms with van der Waals surface area (Å²) in [5, 5.41) is 7.10. The molecule has 0 spiro atoms. The Morgan fingerprint density at radius 2 is 2.13 bits per heavy atom. The highest BCUT2D eigenvalue weighted by molar-refractivity contribution is 7.98. The van der Waals surface area contributed by atoms with Crippen LogP contribution in [-0.4, -0.2) is 11.6 Å². The zero-order valence-corrected chi connectivity index (χ0v) is 9.94. The van der Waals surface area contributed by atoms with Crippen molar-refractivity contribution in [3.63, 3.8) is 0 Å². The molecule has 1 aromatic rings. The van der Waals surface area contributed by atoms with E-state index in [-0.39, 0.29) is 0 Å². The lowest BCUT2D eigenvalue weighted by Crippen LogP contribution is -2.08. The Morgan fingerprint density at radius 3 is 2.80 bits per heavy atom. The number of nitrogens with two attached hydrogens (primary N) is 1. The van der Waals surface area contributed by atoms with Gasteiger partial charge in [0, 0.05) is 12.2 Å². The van der Waals surface area contributed by atoms with Gasteiger partial charge in [0.2, 0.25) is 0 Å². The summed E-state index contributed by atoms with van der Waals surface area (Å²) in [4.78, 5) is 0. The van der Waals surface area contributed by atoms with Gasteiger partial charge in [-0.3, -0.25) is 5.41 Å². The first kappa shape index (κ1) is 12.1. The molecular formula is C12H18N2S. The quantitative estimate of drug-likeness (QED) is 0.442. The molecule has 3 heteroatoms. The molecule has 3 N–H and O–H groups in total. The summed E-state index contributed by atoms with van der Waals surface area (Å²) >= 11 is 1.91. The Labute approximate surface area is 95.8 Å². The standard InChI is InChI=1S/C12H18N2S/c1-10-5-2-3-6-11(10)9-15-8-4-7-12(13)14/h2-3,5-6H,4,7-9H2,1H3,(H3,13,14). The van der Waals surface area contributed by atoms with Gasteiger partial charge in [-0.1, -0.05) is 24.3 Å². The van der Waals surface area contributed by atoms with Crippen LogP contribution in [0.15, 0.2) is 24.3 Å². The molecule has 82 valence electrons. The average Bonchev–Trinajstić information content (AvgIpc) is 2.20. The van der Waals surface area contributed by atoms with Gasteiger partial charge in [0.25, 0.3) is 0 Å². The van der Waals surface area contributed by atoms with Crippen LogP contribution < -0.4 is 5.73 Å². The van der Waals surface area contributed by atoms with E-state index in [0.29, 0.717) is 5.84 Å². The number of hydrogen-bond donors (Lipinski definition) is 2. The highest BCUT2D eigenvalue weighted by Gasteiger charge is 1.97. The zero-order valence-electron chi connectivity index (χ0n) is 9.12. The highest BCUT2D eigenvalue weighted by Crippen LogP contribution is 2.16. The van der Waals surface area contributed by atoms with E-state index < -0.39 is 0 Å². The Kier molecular flexibility index (Phi) is 5.26. The second kappa shape index (κ2) is 6.51. The molecule has 0 unspecified atom stereocenters. The maximum atomic E-state index is 7.10. The monoisotopic (exact) mass is 222 g/mol. The normalized spacial score (nSPS) is 10.2. The van der Waals surface area contributed by atoms with Crippen LogP contribution >= 0.6 is 11.8 Å². The fraction of sp³-hybridized carbons (Fsp3) is 0.417. The van der Waals surface area contributed by atoms with Crippen molar-refractivity contribution in [1.82, 2.24) is 0 Å². The zero-order chi connectivity index (χ0) is 11.1. The molecule has 15 heavy (non-hydrogen) atoms. The van der Waals surface area contributed by atoms with Crippen molar-refractivity contribution in [2.45, 2.75) is 25.5 Å². The maximum absolute atomic E-state index is 7.10. The lowest BCUT2D eigenvalue weighted by molar-refractivity contribution is 0.988. The number of amidine groups is 1. The lowest BCUT2D eigenvalue weighted by Gasteiger charge is -2.04. The van der Waals surface area contributed by atoms with Crippen LogP contribution in [-0.2, 0) is 5.75 Å². The number of thioether (sulfide) groups is 1. The SMILES string of the molecule is Cc1ccccc1CSCCCC(=N)N. The van der Waals surface area contributed by atoms with E-state index in [2.05, 4.69) is 31.2 Å². The fourth-order valence-corrected chi connectivity index (χ4v) is 2.36.